The number of hydrogen-bond acceptors (Lipinski definition) is 4. The van der Waals surface area contributed by atoms with Crippen molar-refractivity contribution >= 4 is 25.4 Å². The number of rotatable bonds is 11. The smallest absolute Gasteiger partial charge is 0.191 e. The second kappa shape index (κ2) is 11.6. The van der Waals surface area contributed by atoms with Crippen LogP contribution in [0.5, 0.6) is 0 Å². The Labute approximate surface area is 227 Å². The molecule has 0 atom stereocenters. The predicted molar refractivity (Wildman–Crippen MR) is 156 cm³/mol. The Morgan fingerprint density at radius 1 is 0.921 bits per heavy atom. The van der Waals surface area contributed by atoms with Crippen molar-refractivity contribution in [2.24, 2.45) is 0 Å². The molecule has 0 fully saturated rings. The van der Waals surface area contributed by atoms with Crippen LogP contribution in [-0.2, 0) is 22.1 Å². The lowest BCUT2D eigenvalue weighted by Crippen LogP contribution is -2.41. The Hall–Kier alpha value is -3.35. The monoisotopic (exact) mass is 526 g/mol. The van der Waals surface area contributed by atoms with Gasteiger partial charge in [0.05, 0.1) is 18.0 Å². The number of fused-ring (bicyclic) bond motifs is 1. The van der Waals surface area contributed by atoms with Gasteiger partial charge in [0.15, 0.2) is 14.1 Å². The SMILES string of the molecule is CC(C)(C)[Si](C)(C)OCCCC(=O)c1ccc(CC(=O)Cc2c(-c3ccccc3)ccc3cncn23)cc1. The molecule has 2 aromatic carbocycles. The minimum absolute atomic E-state index is 0.112. The molecule has 0 aliphatic heterocycles. The molecular formula is C32H38N2O3Si. The van der Waals surface area contributed by atoms with E-state index in [1.807, 2.05) is 52.9 Å². The quantitative estimate of drug-likeness (QED) is 0.117. The first-order valence-corrected chi connectivity index (χ1v) is 16.2. The number of benzene rings is 2. The predicted octanol–water partition coefficient (Wildman–Crippen LogP) is 7.34. The van der Waals surface area contributed by atoms with Gasteiger partial charge in [-0.05, 0) is 41.7 Å². The van der Waals surface area contributed by atoms with Crippen molar-refractivity contribution in [3.05, 3.63) is 96.1 Å². The van der Waals surface area contributed by atoms with E-state index in [-0.39, 0.29) is 16.6 Å². The number of Topliss-reactive ketones (excluding diaryl/α,β-unsaturated/α-hetero) is 2. The van der Waals surface area contributed by atoms with Crippen LogP contribution in [-0.4, -0.2) is 35.9 Å². The first kappa shape index (κ1) is 27.7. The molecule has 5 nitrogen and oxygen atoms in total. The van der Waals surface area contributed by atoms with Crippen LogP contribution in [0.1, 0.15) is 55.2 Å². The maximum Gasteiger partial charge on any atom is 0.191 e. The van der Waals surface area contributed by atoms with E-state index >= 15 is 0 Å². The molecule has 38 heavy (non-hydrogen) atoms. The molecule has 0 aliphatic rings. The number of carbonyl (C=O) groups is 2. The highest BCUT2D eigenvalue weighted by atomic mass is 28.4. The molecule has 0 aliphatic carbocycles. The van der Waals surface area contributed by atoms with Gasteiger partial charge in [0.25, 0.3) is 0 Å². The minimum Gasteiger partial charge on any atom is -0.417 e. The number of nitrogens with zero attached hydrogens (tertiary/aromatic N) is 2. The Morgan fingerprint density at radius 3 is 2.32 bits per heavy atom. The molecule has 4 rings (SSSR count). The fourth-order valence-electron chi connectivity index (χ4n) is 4.32. The maximum absolute atomic E-state index is 13.2. The highest BCUT2D eigenvalue weighted by molar-refractivity contribution is 6.74. The number of imidazole rings is 1. The highest BCUT2D eigenvalue weighted by Gasteiger charge is 2.36. The van der Waals surface area contributed by atoms with Crippen LogP contribution < -0.4 is 0 Å². The first-order valence-electron chi connectivity index (χ1n) is 13.3. The molecule has 0 bridgehead atoms. The molecule has 0 radical (unpaired) electrons. The van der Waals surface area contributed by atoms with Gasteiger partial charge in [0, 0.05) is 42.7 Å². The van der Waals surface area contributed by atoms with E-state index in [0.29, 0.717) is 31.4 Å². The second-order valence-corrected chi connectivity index (χ2v) is 16.3. The van der Waals surface area contributed by atoms with E-state index in [9.17, 15) is 9.59 Å². The van der Waals surface area contributed by atoms with E-state index in [1.54, 1.807) is 12.5 Å². The Morgan fingerprint density at radius 2 is 1.63 bits per heavy atom. The van der Waals surface area contributed by atoms with Crippen LogP contribution in [0, 0.1) is 0 Å². The minimum atomic E-state index is -1.79. The molecular weight excluding hydrogens is 488 g/mol. The lowest BCUT2D eigenvalue weighted by molar-refractivity contribution is -0.117. The van der Waals surface area contributed by atoms with E-state index in [4.69, 9.17) is 4.43 Å². The number of carbonyl (C=O) groups excluding carboxylic acids is 2. The Bertz CT molecular complexity index is 1400. The van der Waals surface area contributed by atoms with Gasteiger partial charge in [-0.1, -0.05) is 81.4 Å². The summed E-state index contributed by atoms with van der Waals surface area (Å²) in [7, 11) is -1.79. The number of aromatic nitrogens is 2. The van der Waals surface area contributed by atoms with Crippen molar-refractivity contribution in [1.82, 2.24) is 9.38 Å². The summed E-state index contributed by atoms with van der Waals surface area (Å²) in [6, 6.07) is 21.7. The fraction of sp³-hybridized carbons (Fsp3) is 0.344. The summed E-state index contributed by atoms with van der Waals surface area (Å²) in [6.07, 6.45) is 5.36. The zero-order valence-corrected chi connectivity index (χ0v) is 24.2. The molecule has 0 saturated carbocycles. The number of ketones is 2. The van der Waals surface area contributed by atoms with Crippen molar-refractivity contribution in [1.29, 1.82) is 0 Å². The van der Waals surface area contributed by atoms with Gasteiger partial charge in [0.2, 0.25) is 0 Å². The van der Waals surface area contributed by atoms with Gasteiger partial charge in [-0.2, -0.15) is 0 Å². The molecule has 198 valence electrons. The molecule has 6 heteroatoms. The topological polar surface area (TPSA) is 60.7 Å². The van der Waals surface area contributed by atoms with Gasteiger partial charge >= 0.3 is 0 Å². The van der Waals surface area contributed by atoms with Crippen molar-refractivity contribution in [2.75, 3.05) is 6.61 Å². The van der Waals surface area contributed by atoms with Crippen LogP contribution in [0.3, 0.4) is 0 Å². The van der Waals surface area contributed by atoms with E-state index in [1.165, 1.54) is 0 Å². The second-order valence-electron chi connectivity index (χ2n) is 11.5. The number of pyridine rings is 1. The Kier molecular flexibility index (Phi) is 8.43. The van der Waals surface area contributed by atoms with Crippen LogP contribution >= 0.6 is 0 Å². The van der Waals surface area contributed by atoms with Crippen molar-refractivity contribution in [2.45, 2.75) is 64.6 Å². The highest BCUT2D eigenvalue weighted by Crippen LogP contribution is 2.36. The summed E-state index contributed by atoms with van der Waals surface area (Å²) in [4.78, 5) is 30.1. The van der Waals surface area contributed by atoms with Gasteiger partial charge in [-0.15, -0.1) is 0 Å². The van der Waals surface area contributed by atoms with Crippen LogP contribution in [0.4, 0.5) is 0 Å². The van der Waals surface area contributed by atoms with E-state index in [2.05, 4.69) is 57.0 Å². The lowest BCUT2D eigenvalue weighted by atomic mass is 9.97. The summed E-state index contributed by atoms with van der Waals surface area (Å²) in [5.74, 6) is 0.228. The molecule has 2 aromatic heterocycles. The molecule has 0 unspecified atom stereocenters. The summed E-state index contributed by atoms with van der Waals surface area (Å²) in [6.45, 7) is 11.7. The fourth-order valence-corrected chi connectivity index (χ4v) is 5.40. The van der Waals surface area contributed by atoms with Crippen LogP contribution in [0.2, 0.25) is 18.1 Å². The molecule has 0 spiro atoms. The van der Waals surface area contributed by atoms with E-state index < -0.39 is 8.32 Å². The molecule has 0 N–H and O–H groups in total. The average Bonchev–Trinajstić information content (AvgIpc) is 3.36. The van der Waals surface area contributed by atoms with Gasteiger partial charge in [-0.25, -0.2) is 4.98 Å². The van der Waals surface area contributed by atoms with Crippen molar-refractivity contribution < 1.29 is 14.0 Å². The van der Waals surface area contributed by atoms with Crippen LogP contribution in [0.15, 0.2) is 79.3 Å². The Balaban J connectivity index is 1.37. The zero-order chi connectivity index (χ0) is 27.3. The van der Waals surface area contributed by atoms with Gasteiger partial charge in [0.1, 0.15) is 5.78 Å². The van der Waals surface area contributed by atoms with Gasteiger partial charge in [-0.3, -0.25) is 9.59 Å². The zero-order valence-electron chi connectivity index (χ0n) is 23.2. The summed E-state index contributed by atoms with van der Waals surface area (Å²) in [5, 5.41) is 0.165. The third-order valence-electron chi connectivity index (χ3n) is 7.63. The van der Waals surface area contributed by atoms with Crippen molar-refractivity contribution in [3.8, 4) is 11.1 Å². The number of hydrogen-bond donors (Lipinski definition) is 0. The van der Waals surface area contributed by atoms with E-state index in [0.717, 1.165) is 34.3 Å². The maximum atomic E-state index is 13.2. The summed E-state index contributed by atoms with van der Waals surface area (Å²) in [5.41, 5.74) is 5.59. The molecule has 0 amide bonds. The van der Waals surface area contributed by atoms with Gasteiger partial charge < -0.3 is 8.83 Å². The third-order valence-corrected chi connectivity index (χ3v) is 12.2. The summed E-state index contributed by atoms with van der Waals surface area (Å²) < 4.78 is 8.19. The molecule has 0 saturated heterocycles. The molecule has 2 heterocycles. The van der Waals surface area contributed by atoms with Crippen molar-refractivity contribution in [3.63, 3.8) is 0 Å². The average molecular weight is 527 g/mol. The normalized spacial score (nSPS) is 12.1. The molecule has 4 aromatic rings. The first-order chi connectivity index (χ1) is 18.0. The third kappa shape index (κ3) is 6.55. The largest absolute Gasteiger partial charge is 0.417 e. The summed E-state index contributed by atoms with van der Waals surface area (Å²) >= 11 is 0. The van der Waals surface area contributed by atoms with Crippen LogP contribution in [0.25, 0.3) is 16.6 Å². The lowest BCUT2D eigenvalue weighted by Gasteiger charge is -2.36. The standard InChI is InChI=1S/C32H38N2O3Si/c1-32(2,3)38(4,5)37-19-9-12-31(36)26-15-13-24(14-16-26)20-28(35)21-30-29(25-10-7-6-8-11-25)18-17-27-22-33-23-34(27)30/h6-8,10-11,13-18,22-23H,9,12,19-21H2,1-5H3.